The second kappa shape index (κ2) is 6.65. The van der Waals surface area contributed by atoms with Crippen LogP contribution in [0.15, 0.2) is 30.3 Å². The Bertz CT molecular complexity index is 374. The maximum atomic E-state index is 11.7. The molecule has 0 aromatic heterocycles. The van der Waals surface area contributed by atoms with Gasteiger partial charge in [-0.25, -0.2) is 9.59 Å². The Morgan fingerprint density at radius 2 is 1.82 bits per heavy atom. The molecular formula is C12H14O5. The van der Waals surface area contributed by atoms with E-state index in [4.69, 9.17) is 9.47 Å². The molecular weight excluding hydrogens is 224 g/mol. The standard InChI is InChI=1S/C12H14O5/c1-15-8-10(12(14)16-2)17-11(13)9-6-4-3-5-7-9/h3-7,10H,8H2,1-2H3/t10-/m1/s1. The van der Waals surface area contributed by atoms with Crippen LogP contribution in [0, 0.1) is 0 Å². The second-order valence-corrected chi connectivity index (χ2v) is 3.24. The van der Waals surface area contributed by atoms with E-state index >= 15 is 0 Å². The molecule has 1 rings (SSSR count). The highest BCUT2D eigenvalue weighted by molar-refractivity contribution is 5.91. The lowest BCUT2D eigenvalue weighted by atomic mass is 10.2. The molecule has 5 nitrogen and oxygen atoms in total. The van der Waals surface area contributed by atoms with Gasteiger partial charge in [-0.05, 0) is 12.1 Å². The minimum absolute atomic E-state index is 0.0365. The number of hydrogen-bond donors (Lipinski definition) is 0. The Balaban J connectivity index is 2.67. The number of methoxy groups -OCH3 is 2. The lowest BCUT2D eigenvalue weighted by molar-refractivity contribution is -0.153. The molecule has 17 heavy (non-hydrogen) atoms. The second-order valence-electron chi connectivity index (χ2n) is 3.24. The summed E-state index contributed by atoms with van der Waals surface area (Å²) in [6, 6.07) is 8.40. The molecule has 0 aliphatic rings. The Kier molecular flexibility index (Phi) is 5.16. The van der Waals surface area contributed by atoms with Gasteiger partial charge in [0.1, 0.15) is 0 Å². The normalized spacial score (nSPS) is 11.6. The SMILES string of the molecule is COC[C@@H](OC(=O)c1ccccc1)C(=O)OC. The van der Waals surface area contributed by atoms with Gasteiger partial charge in [0, 0.05) is 7.11 Å². The minimum Gasteiger partial charge on any atom is -0.466 e. The molecule has 0 spiro atoms. The molecule has 92 valence electrons. The van der Waals surface area contributed by atoms with Crippen molar-refractivity contribution in [2.45, 2.75) is 6.10 Å². The van der Waals surface area contributed by atoms with Gasteiger partial charge in [0.05, 0.1) is 19.3 Å². The van der Waals surface area contributed by atoms with Gasteiger partial charge in [-0.15, -0.1) is 0 Å². The van der Waals surface area contributed by atoms with E-state index < -0.39 is 18.0 Å². The van der Waals surface area contributed by atoms with Crippen LogP contribution in [0.4, 0.5) is 0 Å². The predicted octanol–water partition coefficient (Wildman–Crippen LogP) is 1.03. The lowest BCUT2D eigenvalue weighted by Crippen LogP contribution is -2.32. The Morgan fingerprint density at radius 3 is 2.35 bits per heavy atom. The largest absolute Gasteiger partial charge is 0.466 e. The number of rotatable bonds is 5. The van der Waals surface area contributed by atoms with Gasteiger partial charge in [0.15, 0.2) is 0 Å². The lowest BCUT2D eigenvalue weighted by Gasteiger charge is -2.14. The Labute approximate surface area is 99.3 Å². The van der Waals surface area contributed by atoms with E-state index in [1.54, 1.807) is 30.3 Å². The van der Waals surface area contributed by atoms with Crippen LogP contribution in [-0.4, -0.2) is 38.9 Å². The summed E-state index contributed by atoms with van der Waals surface area (Å²) < 4.78 is 14.3. The molecule has 1 aromatic carbocycles. The Hall–Kier alpha value is -1.88. The molecule has 0 saturated carbocycles. The quantitative estimate of drug-likeness (QED) is 0.717. The van der Waals surface area contributed by atoms with Crippen molar-refractivity contribution in [1.29, 1.82) is 0 Å². The molecule has 0 amide bonds. The number of carbonyl (C=O) groups excluding carboxylic acids is 2. The average molecular weight is 238 g/mol. The number of carbonyl (C=O) groups is 2. The van der Waals surface area contributed by atoms with Crippen LogP contribution in [0.25, 0.3) is 0 Å². The zero-order valence-electron chi connectivity index (χ0n) is 9.71. The molecule has 0 bridgehead atoms. The molecule has 0 unspecified atom stereocenters. The van der Waals surface area contributed by atoms with Crippen molar-refractivity contribution >= 4 is 11.9 Å². The number of hydrogen-bond acceptors (Lipinski definition) is 5. The van der Waals surface area contributed by atoms with Crippen molar-refractivity contribution in [3.8, 4) is 0 Å². The maximum absolute atomic E-state index is 11.7. The van der Waals surface area contributed by atoms with E-state index in [-0.39, 0.29) is 6.61 Å². The van der Waals surface area contributed by atoms with Crippen molar-refractivity contribution < 1.29 is 23.8 Å². The van der Waals surface area contributed by atoms with Crippen LogP contribution in [0.3, 0.4) is 0 Å². The van der Waals surface area contributed by atoms with Gasteiger partial charge >= 0.3 is 11.9 Å². The van der Waals surface area contributed by atoms with Crippen molar-refractivity contribution in [2.75, 3.05) is 20.8 Å². The first-order valence-corrected chi connectivity index (χ1v) is 5.01. The van der Waals surface area contributed by atoms with Gasteiger partial charge in [-0.2, -0.15) is 0 Å². The zero-order chi connectivity index (χ0) is 12.7. The summed E-state index contributed by atoms with van der Waals surface area (Å²) in [6.45, 7) is -0.0365. The van der Waals surface area contributed by atoms with E-state index in [9.17, 15) is 9.59 Å². The fourth-order valence-electron chi connectivity index (χ4n) is 1.20. The summed E-state index contributed by atoms with van der Waals surface area (Å²) in [5, 5.41) is 0. The summed E-state index contributed by atoms with van der Waals surface area (Å²) in [5.41, 5.74) is 0.373. The summed E-state index contributed by atoms with van der Waals surface area (Å²) in [5.74, 6) is -1.23. The molecule has 0 N–H and O–H groups in total. The highest BCUT2D eigenvalue weighted by Crippen LogP contribution is 2.05. The van der Waals surface area contributed by atoms with Gasteiger partial charge in [0.2, 0.25) is 6.10 Å². The zero-order valence-corrected chi connectivity index (χ0v) is 9.71. The van der Waals surface area contributed by atoms with E-state index in [0.29, 0.717) is 5.56 Å². The van der Waals surface area contributed by atoms with Gasteiger partial charge in [-0.1, -0.05) is 18.2 Å². The summed E-state index contributed by atoms with van der Waals surface area (Å²) in [7, 11) is 2.63. The number of esters is 2. The third-order valence-corrected chi connectivity index (χ3v) is 2.04. The van der Waals surface area contributed by atoms with Crippen LogP contribution in [0.5, 0.6) is 0 Å². The highest BCUT2D eigenvalue weighted by Gasteiger charge is 2.24. The van der Waals surface area contributed by atoms with E-state index in [1.807, 2.05) is 0 Å². The van der Waals surface area contributed by atoms with E-state index in [1.165, 1.54) is 14.2 Å². The maximum Gasteiger partial charge on any atom is 0.349 e. The molecule has 0 heterocycles. The van der Waals surface area contributed by atoms with E-state index in [0.717, 1.165) is 0 Å². The molecule has 1 aromatic rings. The van der Waals surface area contributed by atoms with E-state index in [2.05, 4.69) is 4.74 Å². The smallest absolute Gasteiger partial charge is 0.349 e. The molecule has 0 aliphatic heterocycles. The molecule has 1 atom stereocenters. The Morgan fingerprint density at radius 1 is 1.18 bits per heavy atom. The van der Waals surface area contributed by atoms with Crippen LogP contribution < -0.4 is 0 Å². The number of benzene rings is 1. The number of ether oxygens (including phenoxy) is 3. The van der Waals surface area contributed by atoms with Crippen molar-refractivity contribution in [3.05, 3.63) is 35.9 Å². The monoisotopic (exact) mass is 238 g/mol. The average Bonchev–Trinajstić information content (AvgIpc) is 2.38. The first-order valence-electron chi connectivity index (χ1n) is 5.01. The molecule has 0 radical (unpaired) electrons. The topological polar surface area (TPSA) is 61.8 Å². The summed E-state index contributed by atoms with van der Waals surface area (Å²) in [4.78, 5) is 23.0. The molecule has 0 fully saturated rings. The molecule has 5 heteroatoms. The van der Waals surface area contributed by atoms with Gasteiger partial charge in [0.25, 0.3) is 0 Å². The first-order chi connectivity index (χ1) is 8.19. The van der Waals surface area contributed by atoms with Crippen molar-refractivity contribution in [3.63, 3.8) is 0 Å². The van der Waals surface area contributed by atoms with Gasteiger partial charge in [-0.3, -0.25) is 0 Å². The molecule has 0 aliphatic carbocycles. The fourth-order valence-corrected chi connectivity index (χ4v) is 1.20. The van der Waals surface area contributed by atoms with Crippen LogP contribution in [-0.2, 0) is 19.0 Å². The van der Waals surface area contributed by atoms with Crippen LogP contribution >= 0.6 is 0 Å². The van der Waals surface area contributed by atoms with Crippen LogP contribution in [0.1, 0.15) is 10.4 Å². The van der Waals surface area contributed by atoms with Crippen molar-refractivity contribution in [1.82, 2.24) is 0 Å². The fraction of sp³-hybridized carbons (Fsp3) is 0.333. The summed E-state index contributed by atoms with van der Waals surface area (Å²) in [6.07, 6.45) is -1.04. The van der Waals surface area contributed by atoms with Crippen molar-refractivity contribution in [2.24, 2.45) is 0 Å². The molecule has 0 saturated heterocycles. The first kappa shape index (κ1) is 13.2. The third-order valence-electron chi connectivity index (χ3n) is 2.04. The summed E-state index contributed by atoms with van der Waals surface area (Å²) >= 11 is 0. The van der Waals surface area contributed by atoms with Gasteiger partial charge < -0.3 is 14.2 Å². The highest BCUT2D eigenvalue weighted by atomic mass is 16.6. The predicted molar refractivity (Wildman–Crippen MR) is 59.5 cm³/mol. The minimum atomic E-state index is -1.04. The van der Waals surface area contributed by atoms with Crippen LogP contribution in [0.2, 0.25) is 0 Å². The third kappa shape index (κ3) is 3.88.